The quantitative estimate of drug-likeness (QED) is 0.834. The molecule has 1 atom stereocenters. The first-order valence-electron chi connectivity index (χ1n) is 6.98. The van der Waals surface area contributed by atoms with Crippen LogP contribution >= 0.6 is 0 Å². The van der Waals surface area contributed by atoms with Crippen LogP contribution < -0.4 is 5.32 Å². The number of aryl methyl sites for hydroxylation is 1. The first-order chi connectivity index (χ1) is 10.1. The largest absolute Gasteiger partial charge is 0.508 e. The van der Waals surface area contributed by atoms with Gasteiger partial charge in [-0.15, -0.1) is 0 Å². The fourth-order valence-corrected chi connectivity index (χ4v) is 1.80. The summed E-state index contributed by atoms with van der Waals surface area (Å²) < 4.78 is 9.83. The van der Waals surface area contributed by atoms with Crippen molar-refractivity contribution >= 4 is 12.1 Å². The zero-order chi connectivity index (χ0) is 16.9. The van der Waals surface area contributed by atoms with Gasteiger partial charge in [-0.2, -0.15) is 0 Å². The second kappa shape index (κ2) is 7.15. The molecule has 0 saturated heterocycles. The minimum atomic E-state index is -0.887. The highest BCUT2D eigenvalue weighted by atomic mass is 16.6. The Kier molecular flexibility index (Phi) is 5.79. The van der Waals surface area contributed by atoms with E-state index in [0.717, 1.165) is 5.56 Å². The molecule has 0 bridgehead atoms. The number of carbonyl (C=O) groups excluding carboxylic acids is 2. The van der Waals surface area contributed by atoms with Crippen molar-refractivity contribution in [3.63, 3.8) is 0 Å². The van der Waals surface area contributed by atoms with Crippen LogP contribution in [0, 0.1) is 6.92 Å². The molecule has 6 nitrogen and oxygen atoms in total. The second-order valence-corrected chi connectivity index (χ2v) is 6.05. The van der Waals surface area contributed by atoms with Crippen LogP contribution in [0.1, 0.15) is 31.9 Å². The number of rotatable bonds is 4. The van der Waals surface area contributed by atoms with E-state index in [4.69, 9.17) is 9.47 Å². The highest BCUT2D eigenvalue weighted by Crippen LogP contribution is 2.18. The summed E-state index contributed by atoms with van der Waals surface area (Å²) in [4.78, 5) is 23.6. The summed E-state index contributed by atoms with van der Waals surface area (Å²) in [7, 11) is 1.25. The van der Waals surface area contributed by atoms with E-state index in [1.807, 2.05) is 0 Å². The zero-order valence-electron chi connectivity index (χ0n) is 13.6. The number of nitrogens with one attached hydrogen (secondary N) is 1. The first kappa shape index (κ1) is 17.8. The van der Waals surface area contributed by atoms with Crippen LogP contribution in [-0.4, -0.2) is 35.9 Å². The minimum absolute atomic E-state index is 0.137. The number of hydrogen-bond donors (Lipinski definition) is 2. The predicted octanol–water partition coefficient (Wildman–Crippen LogP) is 2.31. The molecule has 22 heavy (non-hydrogen) atoms. The molecule has 0 spiro atoms. The van der Waals surface area contributed by atoms with Gasteiger partial charge in [0.1, 0.15) is 17.4 Å². The number of benzene rings is 1. The molecular weight excluding hydrogens is 286 g/mol. The lowest BCUT2D eigenvalue weighted by molar-refractivity contribution is -0.143. The number of hydrogen-bond acceptors (Lipinski definition) is 5. The minimum Gasteiger partial charge on any atom is -0.508 e. The Morgan fingerprint density at radius 2 is 1.95 bits per heavy atom. The SMILES string of the molecule is COC(=O)[C@H](Cc1ccc(C)c(O)c1)NC(=O)OC(C)(C)C. The Morgan fingerprint density at radius 1 is 1.32 bits per heavy atom. The van der Waals surface area contributed by atoms with Gasteiger partial charge < -0.3 is 19.9 Å². The van der Waals surface area contributed by atoms with Gasteiger partial charge in [-0.1, -0.05) is 12.1 Å². The Morgan fingerprint density at radius 3 is 2.45 bits per heavy atom. The van der Waals surface area contributed by atoms with Crippen molar-refractivity contribution in [2.45, 2.75) is 45.8 Å². The molecule has 2 N–H and O–H groups in total. The summed E-state index contributed by atoms with van der Waals surface area (Å²) in [5.41, 5.74) is 0.778. The van der Waals surface area contributed by atoms with Gasteiger partial charge in [-0.3, -0.25) is 0 Å². The van der Waals surface area contributed by atoms with E-state index in [1.54, 1.807) is 45.9 Å². The average molecular weight is 309 g/mol. The van der Waals surface area contributed by atoms with Gasteiger partial charge in [-0.05, 0) is 44.9 Å². The van der Waals surface area contributed by atoms with Crippen LogP contribution in [0.25, 0.3) is 0 Å². The monoisotopic (exact) mass is 309 g/mol. The van der Waals surface area contributed by atoms with Crippen molar-refractivity contribution in [2.75, 3.05) is 7.11 Å². The molecule has 0 aromatic heterocycles. The Bertz CT molecular complexity index is 548. The first-order valence-corrected chi connectivity index (χ1v) is 6.98. The maximum Gasteiger partial charge on any atom is 0.408 e. The lowest BCUT2D eigenvalue weighted by atomic mass is 10.0. The molecule has 1 rings (SSSR count). The molecule has 0 aliphatic rings. The molecular formula is C16H23NO5. The van der Waals surface area contributed by atoms with Gasteiger partial charge >= 0.3 is 12.1 Å². The maximum absolute atomic E-state index is 11.8. The molecule has 0 fully saturated rings. The van der Waals surface area contributed by atoms with Crippen LogP contribution in [0.15, 0.2) is 18.2 Å². The molecule has 1 aromatic rings. The fourth-order valence-electron chi connectivity index (χ4n) is 1.80. The maximum atomic E-state index is 11.8. The van der Waals surface area contributed by atoms with E-state index >= 15 is 0 Å². The molecule has 0 aliphatic carbocycles. The molecule has 1 amide bonds. The van der Waals surface area contributed by atoms with Crippen LogP contribution in [0.2, 0.25) is 0 Å². The molecule has 0 unspecified atom stereocenters. The smallest absolute Gasteiger partial charge is 0.408 e. The van der Waals surface area contributed by atoms with Crippen molar-refractivity contribution in [3.05, 3.63) is 29.3 Å². The molecule has 6 heteroatoms. The van der Waals surface area contributed by atoms with E-state index in [0.29, 0.717) is 5.56 Å². The van der Waals surface area contributed by atoms with Crippen LogP contribution in [0.4, 0.5) is 4.79 Å². The van der Waals surface area contributed by atoms with Gasteiger partial charge in [-0.25, -0.2) is 9.59 Å². The average Bonchev–Trinajstić information content (AvgIpc) is 2.39. The third-order valence-corrected chi connectivity index (χ3v) is 2.89. The Labute approximate surface area is 130 Å². The Balaban J connectivity index is 2.82. The summed E-state index contributed by atoms with van der Waals surface area (Å²) in [6.07, 6.45) is -0.501. The number of amides is 1. The van der Waals surface area contributed by atoms with Crippen molar-refractivity contribution in [2.24, 2.45) is 0 Å². The second-order valence-electron chi connectivity index (χ2n) is 6.05. The number of methoxy groups -OCH3 is 1. The van der Waals surface area contributed by atoms with E-state index in [2.05, 4.69) is 5.32 Å². The van der Waals surface area contributed by atoms with Crippen LogP contribution in [0.3, 0.4) is 0 Å². The van der Waals surface area contributed by atoms with Gasteiger partial charge in [0.05, 0.1) is 7.11 Å². The van der Waals surface area contributed by atoms with Crippen LogP contribution in [0.5, 0.6) is 5.75 Å². The molecule has 0 aliphatic heterocycles. The van der Waals surface area contributed by atoms with E-state index < -0.39 is 23.7 Å². The van der Waals surface area contributed by atoms with Gasteiger partial charge in [0, 0.05) is 6.42 Å². The van der Waals surface area contributed by atoms with E-state index in [-0.39, 0.29) is 12.2 Å². The van der Waals surface area contributed by atoms with Gasteiger partial charge in [0.15, 0.2) is 0 Å². The molecule has 0 radical (unpaired) electrons. The van der Waals surface area contributed by atoms with E-state index in [1.165, 1.54) is 7.11 Å². The standard InChI is InChI=1S/C16H23NO5/c1-10-6-7-11(9-13(10)18)8-12(14(19)21-5)17-15(20)22-16(2,3)4/h6-7,9,12,18H,8H2,1-5H3,(H,17,20)/t12-/m0/s1. The molecule has 0 saturated carbocycles. The summed E-state index contributed by atoms with van der Waals surface area (Å²) in [6, 6.07) is 4.19. The third kappa shape index (κ3) is 5.63. The zero-order valence-corrected chi connectivity index (χ0v) is 13.6. The number of phenolic OH excluding ortho intramolecular Hbond substituents is 1. The number of esters is 1. The van der Waals surface area contributed by atoms with Crippen molar-refractivity contribution in [3.8, 4) is 5.75 Å². The number of alkyl carbamates (subject to hydrolysis) is 1. The van der Waals surface area contributed by atoms with Gasteiger partial charge in [0.2, 0.25) is 0 Å². The summed E-state index contributed by atoms with van der Waals surface area (Å²) >= 11 is 0. The summed E-state index contributed by atoms with van der Waals surface area (Å²) in [5.74, 6) is -0.440. The lowest BCUT2D eigenvalue weighted by Crippen LogP contribution is -2.45. The number of phenols is 1. The summed E-state index contributed by atoms with van der Waals surface area (Å²) in [5, 5.41) is 12.2. The predicted molar refractivity (Wildman–Crippen MR) is 81.7 cm³/mol. The highest BCUT2D eigenvalue weighted by Gasteiger charge is 2.25. The van der Waals surface area contributed by atoms with Crippen molar-refractivity contribution < 1.29 is 24.2 Å². The number of carbonyl (C=O) groups is 2. The molecule has 0 heterocycles. The number of ether oxygens (including phenoxy) is 2. The van der Waals surface area contributed by atoms with E-state index in [9.17, 15) is 14.7 Å². The normalized spacial score (nSPS) is 12.4. The number of aromatic hydroxyl groups is 1. The lowest BCUT2D eigenvalue weighted by Gasteiger charge is -2.22. The van der Waals surface area contributed by atoms with Crippen LogP contribution in [-0.2, 0) is 20.7 Å². The summed E-state index contributed by atoms with van der Waals surface area (Å²) in [6.45, 7) is 6.98. The fraction of sp³-hybridized carbons (Fsp3) is 0.500. The Hall–Kier alpha value is -2.24. The van der Waals surface area contributed by atoms with Crippen molar-refractivity contribution in [1.29, 1.82) is 0 Å². The topological polar surface area (TPSA) is 84.9 Å². The van der Waals surface area contributed by atoms with Crippen molar-refractivity contribution in [1.82, 2.24) is 5.32 Å². The third-order valence-electron chi connectivity index (χ3n) is 2.89. The molecule has 1 aromatic carbocycles. The highest BCUT2D eigenvalue weighted by molar-refractivity contribution is 5.81. The molecule has 122 valence electrons. The van der Waals surface area contributed by atoms with Gasteiger partial charge in [0.25, 0.3) is 0 Å².